The second-order valence-corrected chi connectivity index (χ2v) is 5.26. The van der Waals surface area contributed by atoms with E-state index in [4.69, 9.17) is 4.74 Å². The van der Waals surface area contributed by atoms with E-state index in [9.17, 15) is 9.90 Å². The number of esters is 1. The van der Waals surface area contributed by atoms with E-state index in [0.29, 0.717) is 5.92 Å². The standard InChI is InChI=1S/C12H24O3/c1-8(2)7-9(3)10(13)12(4,5)11(14)15-6/h8-10,13H,7H2,1-6H3. The van der Waals surface area contributed by atoms with Gasteiger partial charge in [-0.25, -0.2) is 0 Å². The van der Waals surface area contributed by atoms with Crippen molar-refractivity contribution in [3.05, 3.63) is 0 Å². The molecule has 0 aliphatic carbocycles. The second-order valence-electron chi connectivity index (χ2n) is 5.26. The van der Waals surface area contributed by atoms with Gasteiger partial charge in [-0.05, 0) is 32.1 Å². The smallest absolute Gasteiger partial charge is 0.313 e. The number of hydrogen-bond acceptors (Lipinski definition) is 3. The van der Waals surface area contributed by atoms with E-state index in [1.807, 2.05) is 6.92 Å². The van der Waals surface area contributed by atoms with Crippen molar-refractivity contribution in [2.24, 2.45) is 17.3 Å². The number of aliphatic hydroxyl groups is 1. The van der Waals surface area contributed by atoms with Gasteiger partial charge in [0, 0.05) is 0 Å². The number of hydrogen-bond donors (Lipinski definition) is 1. The molecule has 3 nitrogen and oxygen atoms in total. The summed E-state index contributed by atoms with van der Waals surface area (Å²) >= 11 is 0. The SMILES string of the molecule is COC(=O)C(C)(C)C(O)C(C)CC(C)C. The molecule has 0 aromatic heterocycles. The van der Waals surface area contributed by atoms with Crippen molar-refractivity contribution in [1.82, 2.24) is 0 Å². The largest absolute Gasteiger partial charge is 0.469 e. The number of methoxy groups -OCH3 is 1. The summed E-state index contributed by atoms with van der Waals surface area (Å²) in [6, 6.07) is 0. The molecule has 0 aliphatic rings. The van der Waals surface area contributed by atoms with Crippen LogP contribution in [0.1, 0.15) is 41.0 Å². The van der Waals surface area contributed by atoms with Gasteiger partial charge < -0.3 is 9.84 Å². The summed E-state index contributed by atoms with van der Waals surface area (Å²) < 4.78 is 4.69. The number of rotatable bonds is 5. The van der Waals surface area contributed by atoms with Crippen molar-refractivity contribution < 1.29 is 14.6 Å². The Hall–Kier alpha value is -0.570. The number of carbonyl (C=O) groups is 1. The van der Waals surface area contributed by atoms with E-state index >= 15 is 0 Å². The Kier molecular flexibility index (Phi) is 5.29. The Morgan fingerprint density at radius 3 is 2.13 bits per heavy atom. The van der Waals surface area contributed by atoms with Crippen LogP contribution in [0.15, 0.2) is 0 Å². The highest BCUT2D eigenvalue weighted by molar-refractivity contribution is 5.76. The highest BCUT2D eigenvalue weighted by Gasteiger charge is 2.39. The number of carbonyl (C=O) groups excluding carboxylic acids is 1. The molecule has 3 heteroatoms. The molecule has 0 rings (SSSR count). The maximum atomic E-state index is 11.5. The van der Waals surface area contributed by atoms with E-state index in [2.05, 4.69) is 13.8 Å². The lowest BCUT2D eigenvalue weighted by molar-refractivity contribution is -0.159. The third-order valence-electron chi connectivity index (χ3n) is 2.83. The minimum atomic E-state index is -0.830. The summed E-state index contributed by atoms with van der Waals surface area (Å²) in [5.74, 6) is 0.257. The van der Waals surface area contributed by atoms with Crippen LogP contribution < -0.4 is 0 Å². The monoisotopic (exact) mass is 216 g/mol. The molecule has 2 atom stereocenters. The highest BCUT2D eigenvalue weighted by atomic mass is 16.5. The fourth-order valence-corrected chi connectivity index (χ4v) is 1.97. The Labute approximate surface area is 92.8 Å². The van der Waals surface area contributed by atoms with E-state index in [-0.39, 0.29) is 11.9 Å². The number of ether oxygens (including phenoxy) is 1. The van der Waals surface area contributed by atoms with Crippen molar-refractivity contribution in [1.29, 1.82) is 0 Å². The summed E-state index contributed by atoms with van der Waals surface area (Å²) in [5.41, 5.74) is -0.830. The van der Waals surface area contributed by atoms with Gasteiger partial charge in [0.2, 0.25) is 0 Å². The molecule has 15 heavy (non-hydrogen) atoms. The summed E-state index contributed by atoms with van der Waals surface area (Å²) in [6.45, 7) is 9.62. The quantitative estimate of drug-likeness (QED) is 0.717. The highest BCUT2D eigenvalue weighted by Crippen LogP contribution is 2.30. The lowest BCUT2D eigenvalue weighted by Crippen LogP contribution is -2.42. The van der Waals surface area contributed by atoms with Gasteiger partial charge in [-0.15, -0.1) is 0 Å². The van der Waals surface area contributed by atoms with Crippen LogP contribution in [0.4, 0.5) is 0 Å². The third-order valence-corrected chi connectivity index (χ3v) is 2.83. The van der Waals surface area contributed by atoms with E-state index in [1.165, 1.54) is 7.11 Å². The first-order valence-corrected chi connectivity index (χ1v) is 5.50. The van der Waals surface area contributed by atoms with Crippen LogP contribution in [0, 0.1) is 17.3 Å². The average Bonchev–Trinajstić information content (AvgIpc) is 2.13. The van der Waals surface area contributed by atoms with Crippen molar-refractivity contribution in [3.8, 4) is 0 Å². The Morgan fingerprint density at radius 1 is 1.33 bits per heavy atom. The molecule has 0 amide bonds. The van der Waals surface area contributed by atoms with Gasteiger partial charge in [0.15, 0.2) is 0 Å². The molecule has 0 saturated heterocycles. The zero-order valence-electron chi connectivity index (χ0n) is 10.7. The molecule has 0 saturated carbocycles. The lowest BCUT2D eigenvalue weighted by atomic mass is 9.77. The first kappa shape index (κ1) is 14.4. The normalized spacial score (nSPS) is 16.3. The van der Waals surface area contributed by atoms with Gasteiger partial charge in [-0.2, -0.15) is 0 Å². The summed E-state index contributed by atoms with van der Waals surface area (Å²) in [5, 5.41) is 10.1. The zero-order valence-corrected chi connectivity index (χ0v) is 10.7. The summed E-state index contributed by atoms with van der Waals surface area (Å²) in [4.78, 5) is 11.5. The van der Waals surface area contributed by atoms with Crippen molar-refractivity contribution >= 4 is 5.97 Å². The van der Waals surface area contributed by atoms with E-state index in [1.54, 1.807) is 13.8 Å². The fourth-order valence-electron chi connectivity index (χ4n) is 1.97. The molecule has 0 fully saturated rings. The van der Waals surface area contributed by atoms with Crippen LogP contribution in [0.3, 0.4) is 0 Å². The van der Waals surface area contributed by atoms with Crippen LogP contribution in [0.25, 0.3) is 0 Å². The van der Waals surface area contributed by atoms with Gasteiger partial charge >= 0.3 is 5.97 Å². The maximum absolute atomic E-state index is 11.5. The minimum Gasteiger partial charge on any atom is -0.469 e. The average molecular weight is 216 g/mol. The van der Waals surface area contributed by atoms with E-state index in [0.717, 1.165) is 6.42 Å². The predicted octanol–water partition coefficient (Wildman–Crippen LogP) is 2.23. The number of aliphatic hydroxyl groups excluding tert-OH is 1. The van der Waals surface area contributed by atoms with Gasteiger partial charge in [0.1, 0.15) is 0 Å². The van der Waals surface area contributed by atoms with Crippen molar-refractivity contribution in [2.45, 2.75) is 47.1 Å². The summed E-state index contributed by atoms with van der Waals surface area (Å²) in [6.07, 6.45) is 0.244. The summed E-state index contributed by atoms with van der Waals surface area (Å²) in [7, 11) is 1.35. The first-order valence-electron chi connectivity index (χ1n) is 5.50. The topological polar surface area (TPSA) is 46.5 Å². The van der Waals surface area contributed by atoms with Gasteiger partial charge in [0.25, 0.3) is 0 Å². The minimum absolute atomic E-state index is 0.0964. The molecule has 0 radical (unpaired) electrons. The third kappa shape index (κ3) is 3.82. The van der Waals surface area contributed by atoms with Crippen molar-refractivity contribution in [2.75, 3.05) is 7.11 Å². The Balaban J connectivity index is 4.53. The molecule has 0 spiro atoms. The Morgan fingerprint density at radius 2 is 1.80 bits per heavy atom. The van der Waals surface area contributed by atoms with E-state index < -0.39 is 11.5 Å². The predicted molar refractivity (Wildman–Crippen MR) is 60.4 cm³/mol. The molecule has 0 aromatic carbocycles. The van der Waals surface area contributed by atoms with Crippen LogP contribution in [0.2, 0.25) is 0 Å². The molecule has 0 heterocycles. The molecule has 0 aromatic rings. The zero-order chi connectivity index (χ0) is 12.2. The molecule has 0 bridgehead atoms. The first-order chi connectivity index (χ1) is 6.73. The van der Waals surface area contributed by atoms with Crippen LogP contribution in [-0.2, 0) is 9.53 Å². The molecule has 0 aliphatic heterocycles. The maximum Gasteiger partial charge on any atom is 0.313 e. The van der Waals surface area contributed by atoms with Gasteiger partial charge in [0.05, 0.1) is 18.6 Å². The van der Waals surface area contributed by atoms with Crippen LogP contribution in [-0.4, -0.2) is 24.3 Å². The second kappa shape index (κ2) is 5.50. The molecular weight excluding hydrogens is 192 g/mol. The lowest BCUT2D eigenvalue weighted by Gasteiger charge is -2.32. The van der Waals surface area contributed by atoms with Crippen LogP contribution in [0.5, 0.6) is 0 Å². The van der Waals surface area contributed by atoms with Gasteiger partial charge in [-0.3, -0.25) is 4.79 Å². The van der Waals surface area contributed by atoms with Gasteiger partial charge in [-0.1, -0.05) is 20.8 Å². The van der Waals surface area contributed by atoms with Crippen molar-refractivity contribution in [3.63, 3.8) is 0 Å². The molecular formula is C12H24O3. The fraction of sp³-hybridized carbons (Fsp3) is 0.917. The molecule has 2 unspecified atom stereocenters. The molecule has 90 valence electrons. The Bertz CT molecular complexity index is 209. The van der Waals surface area contributed by atoms with Crippen LogP contribution >= 0.6 is 0 Å². The molecule has 1 N–H and O–H groups in total.